The smallest absolute Gasteiger partial charge is 0.191 e. The molecule has 0 aliphatic heterocycles. The molecule has 0 aromatic heterocycles. The number of ether oxygens (including phenoxy) is 1. The van der Waals surface area contributed by atoms with Gasteiger partial charge in [-0.3, -0.25) is 4.99 Å². The van der Waals surface area contributed by atoms with E-state index in [1.54, 1.807) is 32.2 Å². The standard InChI is InChI=1S/C19H24ClN3O3S.HI/c1-14-12-15(8-9-18(14)27(3,24)25)13-23-19(21-2)22-10-11-26-17-7-5-4-6-16(17)20;/h4-9,12H,10-11,13H2,1-3H3,(H2,21,22,23);1H. The lowest BCUT2D eigenvalue weighted by molar-refractivity contribution is 0.322. The Labute approximate surface area is 188 Å². The van der Waals surface area contributed by atoms with Crippen LogP contribution < -0.4 is 15.4 Å². The van der Waals surface area contributed by atoms with E-state index in [0.717, 1.165) is 11.1 Å². The number of aryl methyl sites for hydroxylation is 1. The van der Waals surface area contributed by atoms with Gasteiger partial charge in [0.1, 0.15) is 12.4 Å². The summed E-state index contributed by atoms with van der Waals surface area (Å²) in [4.78, 5) is 4.51. The number of nitrogens with zero attached hydrogens (tertiary/aromatic N) is 1. The van der Waals surface area contributed by atoms with Crippen LogP contribution in [0.25, 0.3) is 0 Å². The first-order valence-electron chi connectivity index (χ1n) is 8.42. The van der Waals surface area contributed by atoms with Gasteiger partial charge in [-0.2, -0.15) is 0 Å². The van der Waals surface area contributed by atoms with Crippen molar-refractivity contribution in [2.75, 3.05) is 26.5 Å². The van der Waals surface area contributed by atoms with Crippen molar-refractivity contribution in [1.29, 1.82) is 0 Å². The Morgan fingerprint density at radius 3 is 2.50 bits per heavy atom. The van der Waals surface area contributed by atoms with Crippen molar-refractivity contribution in [3.63, 3.8) is 0 Å². The van der Waals surface area contributed by atoms with Gasteiger partial charge in [0.2, 0.25) is 0 Å². The third-order valence-corrected chi connectivity index (χ3v) is 5.38. The van der Waals surface area contributed by atoms with Gasteiger partial charge in [0.25, 0.3) is 0 Å². The summed E-state index contributed by atoms with van der Waals surface area (Å²) in [6.07, 6.45) is 1.21. The third kappa shape index (κ3) is 7.48. The van der Waals surface area contributed by atoms with Crippen LogP contribution in [-0.4, -0.2) is 40.8 Å². The molecule has 0 amide bonds. The third-order valence-electron chi connectivity index (χ3n) is 3.81. The second-order valence-electron chi connectivity index (χ2n) is 6.00. The van der Waals surface area contributed by atoms with E-state index in [9.17, 15) is 8.42 Å². The maximum atomic E-state index is 11.7. The second-order valence-corrected chi connectivity index (χ2v) is 8.39. The average Bonchev–Trinajstić information content (AvgIpc) is 2.61. The van der Waals surface area contributed by atoms with Gasteiger partial charge in [0.15, 0.2) is 15.8 Å². The molecule has 0 spiro atoms. The highest BCUT2D eigenvalue weighted by atomic mass is 127. The predicted octanol–water partition coefficient (Wildman–Crippen LogP) is 3.41. The quantitative estimate of drug-likeness (QED) is 0.245. The molecule has 0 atom stereocenters. The summed E-state index contributed by atoms with van der Waals surface area (Å²) in [6, 6.07) is 12.6. The van der Waals surface area contributed by atoms with E-state index in [1.165, 1.54) is 6.26 Å². The zero-order valence-corrected chi connectivity index (χ0v) is 19.9. The van der Waals surface area contributed by atoms with Crippen molar-refractivity contribution < 1.29 is 13.2 Å². The number of hydrogen-bond donors (Lipinski definition) is 2. The maximum Gasteiger partial charge on any atom is 0.191 e. The fourth-order valence-electron chi connectivity index (χ4n) is 2.54. The van der Waals surface area contributed by atoms with Gasteiger partial charge in [-0.25, -0.2) is 8.42 Å². The number of hydrogen-bond acceptors (Lipinski definition) is 4. The summed E-state index contributed by atoms with van der Waals surface area (Å²) in [5.41, 5.74) is 1.70. The molecule has 0 aliphatic rings. The fourth-order valence-corrected chi connectivity index (χ4v) is 3.69. The van der Waals surface area contributed by atoms with Crippen LogP contribution in [0.3, 0.4) is 0 Å². The van der Waals surface area contributed by atoms with Crippen LogP contribution in [0.1, 0.15) is 11.1 Å². The first-order valence-corrected chi connectivity index (χ1v) is 10.7. The van der Waals surface area contributed by atoms with E-state index in [1.807, 2.05) is 24.3 Å². The molecule has 0 radical (unpaired) electrons. The Morgan fingerprint density at radius 2 is 1.89 bits per heavy atom. The van der Waals surface area contributed by atoms with Crippen LogP contribution in [-0.2, 0) is 16.4 Å². The van der Waals surface area contributed by atoms with Gasteiger partial charge in [0.05, 0.1) is 16.5 Å². The Bertz CT molecular complexity index is 920. The Hall–Kier alpha value is -1.52. The number of halogens is 2. The molecule has 154 valence electrons. The lowest BCUT2D eigenvalue weighted by Gasteiger charge is -2.14. The molecule has 0 aliphatic carbocycles. The van der Waals surface area contributed by atoms with Crippen molar-refractivity contribution in [2.24, 2.45) is 4.99 Å². The van der Waals surface area contributed by atoms with Crippen molar-refractivity contribution in [3.05, 3.63) is 58.6 Å². The van der Waals surface area contributed by atoms with E-state index in [-0.39, 0.29) is 24.0 Å². The number of guanidine groups is 1. The highest BCUT2D eigenvalue weighted by Gasteiger charge is 2.11. The Balaban J connectivity index is 0.00000392. The first kappa shape index (κ1) is 24.5. The van der Waals surface area contributed by atoms with E-state index in [0.29, 0.717) is 41.3 Å². The Kier molecular flexibility index (Phi) is 10.0. The molecule has 28 heavy (non-hydrogen) atoms. The minimum Gasteiger partial charge on any atom is -0.490 e. The molecule has 0 saturated heterocycles. The van der Waals surface area contributed by atoms with E-state index in [4.69, 9.17) is 16.3 Å². The number of rotatable bonds is 7. The van der Waals surface area contributed by atoms with E-state index in [2.05, 4.69) is 15.6 Å². The minimum atomic E-state index is -3.21. The summed E-state index contributed by atoms with van der Waals surface area (Å²) < 4.78 is 29.0. The summed E-state index contributed by atoms with van der Waals surface area (Å²) in [5.74, 6) is 1.27. The number of sulfone groups is 1. The molecular weight excluding hydrogens is 513 g/mol. The molecule has 0 bridgehead atoms. The van der Waals surface area contributed by atoms with E-state index < -0.39 is 9.84 Å². The van der Waals surface area contributed by atoms with Gasteiger partial charge in [-0.1, -0.05) is 35.9 Å². The lowest BCUT2D eigenvalue weighted by atomic mass is 10.1. The predicted molar refractivity (Wildman–Crippen MR) is 125 cm³/mol. The molecule has 0 heterocycles. The monoisotopic (exact) mass is 537 g/mol. The topological polar surface area (TPSA) is 79.8 Å². The van der Waals surface area contributed by atoms with Gasteiger partial charge in [-0.05, 0) is 36.2 Å². The fraction of sp³-hybridized carbons (Fsp3) is 0.316. The van der Waals surface area contributed by atoms with Gasteiger partial charge >= 0.3 is 0 Å². The SMILES string of the molecule is CN=C(NCCOc1ccccc1Cl)NCc1ccc(S(C)(=O)=O)c(C)c1.I. The van der Waals surface area contributed by atoms with Crippen LogP contribution in [0.5, 0.6) is 5.75 Å². The van der Waals surface area contributed by atoms with Gasteiger partial charge in [-0.15, -0.1) is 24.0 Å². The molecule has 2 N–H and O–H groups in total. The normalized spacial score (nSPS) is 11.5. The molecular formula is C19H25ClIN3O3S. The summed E-state index contributed by atoms with van der Waals surface area (Å²) >= 11 is 6.04. The summed E-state index contributed by atoms with van der Waals surface area (Å²) in [7, 11) is -1.52. The molecule has 9 heteroatoms. The summed E-state index contributed by atoms with van der Waals surface area (Å²) in [5, 5.41) is 6.92. The van der Waals surface area contributed by atoms with Crippen LogP contribution in [0.4, 0.5) is 0 Å². The van der Waals surface area contributed by atoms with Crippen LogP contribution in [0.2, 0.25) is 5.02 Å². The number of aliphatic imine (C=N–C) groups is 1. The molecule has 0 saturated carbocycles. The average molecular weight is 538 g/mol. The Morgan fingerprint density at radius 1 is 1.18 bits per heavy atom. The largest absolute Gasteiger partial charge is 0.490 e. The molecule has 0 fully saturated rings. The van der Waals surface area contributed by atoms with Gasteiger partial charge in [0, 0.05) is 19.8 Å². The van der Waals surface area contributed by atoms with Crippen molar-refractivity contribution >= 4 is 51.4 Å². The number of benzene rings is 2. The lowest BCUT2D eigenvalue weighted by Crippen LogP contribution is -2.38. The van der Waals surface area contributed by atoms with Crippen LogP contribution >= 0.6 is 35.6 Å². The molecule has 2 aromatic carbocycles. The second kappa shape index (κ2) is 11.5. The minimum absolute atomic E-state index is 0. The molecule has 6 nitrogen and oxygen atoms in total. The van der Waals surface area contributed by atoms with Crippen LogP contribution in [0, 0.1) is 6.92 Å². The maximum absolute atomic E-state index is 11.7. The highest BCUT2D eigenvalue weighted by Crippen LogP contribution is 2.22. The van der Waals surface area contributed by atoms with Crippen molar-refractivity contribution in [2.45, 2.75) is 18.4 Å². The highest BCUT2D eigenvalue weighted by molar-refractivity contribution is 14.0. The molecule has 2 rings (SSSR count). The van der Waals surface area contributed by atoms with Gasteiger partial charge < -0.3 is 15.4 Å². The molecule has 0 unspecified atom stereocenters. The molecule has 2 aromatic rings. The number of para-hydroxylation sites is 1. The summed E-state index contributed by atoms with van der Waals surface area (Å²) in [6.45, 7) is 3.30. The number of nitrogens with one attached hydrogen (secondary N) is 2. The van der Waals surface area contributed by atoms with Crippen LogP contribution in [0.15, 0.2) is 52.4 Å². The zero-order chi connectivity index (χ0) is 19.9. The zero-order valence-electron chi connectivity index (χ0n) is 16.0. The van der Waals surface area contributed by atoms with E-state index >= 15 is 0 Å². The first-order chi connectivity index (χ1) is 12.8. The van der Waals surface area contributed by atoms with Crippen molar-refractivity contribution in [1.82, 2.24) is 10.6 Å². The van der Waals surface area contributed by atoms with Crippen molar-refractivity contribution in [3.8, 4) is 5.75 Å².